The molecule has 0 radical (unpaired) electrons. The summed E-state index contributed by atoms with van der Waals surface area (Å²) in [5.74, 6) is 0.0236. The summed E-state index contributed by atoms with van der Waals surface area (Å²) in [4.78, 5) is 29.5. The molecule has 7 heteroatoms. The van der Waals surface area contributed by atoms with E-state index in [1.165, 1.54) is 11.1 Å². The standard InChI is InChI=1S/C17H25N5O2/c1-20(2)17(24)21-10-12-6-14(7-13(12)11-21)19-9-16(23)22-5-3-4-15(22)8-18/h14-15,19H,3-7,9-11H2,1-2H3. The van der Waals surface area contributed by atoms with Crippen molar-refractivity contribution in [2.24, 2.45) is 0 Å². The Bertz CT molecular complexity index is 589. The molecule has 0 spiro atoms. The van der Waals surface area contributed by atoms with Gasteiger partial charge in [-0.2, -0.15) is 5.26 Å². The smallest absolute Gasteiger partial charge is 0.320 e. The van der Waals surface area contributed by atoms with Crippen molar-refractivity contribution in [1.29, 1.82) is 5.26 Å². The van der Waals surface area contributed by atoms with Gasteiger partial charge in [-0.3, -0.25) is 4.79 Å². The van der Waals surface area contributed by atoms with Gasteiger partial charge in [-0.1, -0.05) is 0 Å². The van der Waals surface area contributed by atoms with E-state index in [2.05, 4.69) is 11.4 Å². The molecule has 0 bridgehead atoms. The molecule has 3 amide bonds. The van der Waals surface area contributed by atoms with Crippen molar-refractivity contribution < 1.29 is 9.59 Å². The van der Waals surface area contributed by atoms with Crippen LogP contribution in [0.25, 0.3) is 0 Å². The van der Waals surface area contributed by atoms with E-state index in [0.717, 1.165) is 25.7 Å². The molecular weight excluding hydrogens is 306 g/mol. The largest absolute Gasteiger partial charge is 0.331 e. The minimum absolute atomic E-state index is 0.0236. The fourth-order valence-corrected chi connectivity index (χ4v) is 3.92. The molecule has 1 unspecified atom stereocenters. The number of amides is 3. The molecule has 0 aromatic rings. The van der Waals surface area contributed by atoms with Gasteiger partial charge in [0, 0.05) is 39.8 Å². The van der Waals surface area contributed by atoms with Crippen molar-refractivity contribution in [2.45, 2.75) is 37.8 Å². The maximum atomic E-state index is 12.3. The zero-order valence-electron chi connectivity index (χ0n) is 14.4. The summed E-state index contributed by atoms with van der Waals surface area (Å²) in [6, 6.07) is 2.29. The van der Waals surface area contributed by atoms with Crippen molar-refractivity contribution in [3.8, 4) is 6.07 Å². The molecule has 0 aromatic heterocycles. The summed E-state index contributed by atoms with van der Waals surface area (Å²) in [6.07, 6.45) is 3.51. The lowest BCUT2D eigenvalue weighted by Crippen LogP contribution is -2.43. The quantitative estimate of drug-likeness (QED) is 0.766. The average Bonchev–Trinajstić information content (AvgIpc) is 3.25. The Morgan fingerprint density at radius 3 is 2.54 bits per heavy atom. The number of hydrogen-bond acceptors (Lipinski definition) is 4. The minimum atomic E-state index is -0.253. The lowest BCUT2D eigenvalue weighted by molar-refractivity contribution is -0.130. The summed E-state index contributed by atoms with van der Waals surface area (Å²) in [7, 11) is 3.54. The van der Waals surface area contributed by atoms with Crippen LogP contribution >= 0.6 is 0 Å². The fourth-order valence-electron chi connectivity index (χ4n) is 3.92. The Morgan fingerprint density at radius 1 is 1.29 bits per heavy atom. The molecule has 3 aliphatic rings. The maximum absolute atomic E-state index is 12.3. The van der Waals surface area contributed by atoms with Crippen LogP contribution in [0.15, 0.2) is 11.1 Å². The Kier molecular flexibility index (Phi) is 4.76. The number of likely N-dealkylation sites (tertiary alicyclic amines) is 2. The fraction of sp³-hybridized carbons (Fsp3) is 0.706. The van der Waals surface area contributed by atoms with Gasteiger partial charge in [0.05, 0.1) is 12.6 Å². The Morgan fingerprint density at radius 2 is 1.96 bits per heavy atom. The van der Waals surface area contributed by atoms with Crippen LogP contribution < -0.4 is 5.32 Å². The van der Waals surface area contributed by atoms with Gasteiger partial charge in [0.2, 0.25) is 5.91 Å². The van der Waals surface area contributed by atoms with Crippen molar-refractivity contribution in [2.75, 3.05) is 40.3 Å². The number of urea groups is 1. The first-order chi connectivity index (χ1) is 11.5. The Labute approximate surface area is 142 Å². The van der Waals surface area contributed by atoms with Gasteiger partial charge in [0.1, 0.15) is 6.04 Å². The van der Waals surface area contributed by atoms with Gasteiger partial charge in [0.25, 0.3) is 0 Å². The van der Waals surface area contributed by atoms with Crippen LogP contribution in [0.2, 0.25) is 0 Å². The molecule has 1 aliphatic carbocycles. The van der Waals surface area contributed by atoms with Crippen molar-refractivity contribution in [3.63, 3.8) is 0 Å². The second kappa shape index (κ2) is 6.81. The predicted molar refractivity (Wildman–Crippen MR) is 89.1 cm³/mol. The van der Waals surface area contributed by atoms with Crippen LogP contribution in [-0.2, 0) is 4.79 Å². The Hall–Kier alpha value is -2.07. The number of hydrogen-bond donors (Lipinski definition) is 1. The third kappa shape index (κ3) is 3.24. The number of carbonyl (C=O) groups excluding carboxylic acids is 2. The zero-order chi connectivity index (χ0) is 17.3. The maximum Gasteiger partial charge on any atom is 0.320 e. The van der Waals surface area contributed by atoms with Gasteiger partial charge in [-0.05, 0) is 36.8 Å². The van der Waals surface area contributed by atoms with Crippen LogP contribution in [0.1, 0.15) is 25.7 Å². The van der Waals surface area contributed by atoms with Gasteiger partial charge >= 0.3 is 6.03 Å². The van der Waals surface area contributed by atoms with E-state index in [9.17, 15) is 9.59 Å². The number of nitrogens with zero attached hydrogens (tertiary/aromatic N) is 4. The molecule has 0 saturated carbocycles. The van der Waals surface area contributed by atoms with E-state index in [1.807, 2.05) is 4.90 Å². The molecule has 1 N–H and O–H groups in total. The SMILES string of the molecule is CN(C)C(=O)N1CC2=C(CC(NCC(=O)N3CCCC3C#N)C2)C1. The van der Waals surface area contributed by atoms with E-state index in [4.69, 9.17) is 5.26 Å². The van der Waals surface area contributed by atoms with E-state index in [-0.39, 0.29) is 24.0 Å². The molecule has 130 valence electrons. The first kappa shape index (κ1) is 16.8. The third-order valence-electron chi connectivity index (χ3n) is 5.17. The minimum Gasteiger partial charge on any atom is -0.331 e. The highest BCUT2D eigenvalue weighted by atomic mass is 16.2. The molecule has 1 atom stereocenters. The van der Waals surface area contributed by atoms with E-state index >= 15 is 0 Å². The summed E-state index contributed by atoms with van der Waals surface area (Å²) in [6.45, 7) is 2.41. The number of carbonyl (C=O) groups is 2. The van der Waals surface area contributed by atoms with Crippen molar-refractivity contribution in [3.05, 3.63) is 11.1 Å². The van der Waals surface area contributed by atoms with Crippen LogP contribution in [0.5, 0.6) is 0 Å². The topological polar surface area (TPSA) is 79.7 Å². The van der Waals surface area contributed by atoms with Crippen molar-refractivity contribution in [1.82, 2.24) is 20.0 Å². The molecule has 1 fully saturated rings. The molecule has 24 heavy (non-hydrogen) atoms. The molecule has 3 rings (SSSR count). The highest BCUT2D eigenvalue weighted by molar-refractivity contribution is 5.79. The molecule has 2 aliphatic heterocycles. The second-order valence-electron chi connectivity index (χ2n) is 7.10. The van der Waals surface area contributed by atoms with Crippen molar-refractivity contribution >= 4 is 11.9 Å². The molecule has 0 aromatic carbocycles. The van der Waals surface area contributed by atoms with Crippen LogP contribution in [0.4, 0.5) is 4.79 Å². The number of nitriles is 1. The van der Waals surface area contributed by atoms with Gasteiger partial charge in [-0.15, -0.1) is 0 Å². The first-order valence-electron chi connectivity index (χ1n) is 8.58. The lowest BCUT2D eigenvalue weighted by atomic mass is 10.1. The van der Waals surface area contributed by atoms with Crippen LogP contribution in [0.3, 0.4) is 0 Å². The summed E-state index contributed by atoms with van der Waals surface area (Å²) in [5, 5.41) is 12.4. The first-order valence-corrected chi connectivity index (χ1v) is 8.58. The van der Waals surface area contributed by atoms with E-state index in [1.54, 1.807) is 23.9 Å². The number of rotatable bonds is 3. The van der Waals surface area contributed by atoms with Gasteiger partial charge in [0.15, 0.2) is 0 Å². The molecule has 1 saturated heterocycles. The molecule has 2 heterocycles. The summed E-state index contributed by atoms with van der Waals surface area (Å²) >= 11 is 0. The third-order valence-corrected chi connectivity index (χ3v) is 5.17. The van der Waals surface area contributed by atoms with Crippen LogP contribution in [0, 0.1) is 11.3 Å². The Balaban J connectivity index is 1.44. The molecular formula is C17H25N5O2. The van der Waals surface area contributed by atoms with Gasteiger partial charge < -0.3 is 20.0 Å². The average molecular weight is 331 g/mol. The number of nitrogens with one attached hydrogen (secondary N) is 1. The summed E-state index contributed by atoms with van der Waals surface area (Å²) in [5.41, 5.74) is 2.68. The highest BCUT2D eigenvalue weighted by Gasteiger charge is 2.34. The molecule has 7 nitrogen and oxygen atoms in total. The zero-order valence-corrected chi connectivity index (χ0v) is 14.4. The normalized spacial score (nSPS) is 23.6. The van der Waals surface area contributed by atoms with E-state index < -0.39 is 0 Å². The lowest BCUT2D eigenvalue weighted by Gasteiger charge is -2.25. The highest BCUT2D eigenvalue weighted by Crippen LogP contribution is 2.33. The van der Waals surface area contributed by atoms with E-state index in [0.29, 0.717) is 26.2 Å². The van der Waals surface area contributed by atoms with Gasteiger partial charge in [-0.25, -0.2) is 4.79 Å². The second-order valence-corrected chi connectivity index (χ2v) is 7.10. The summed E-state index contributed by atoms with van der Waals surface area (Å²) < 4.78 is 0. The predicted octanol–water partition coefficient (Wildman–Crippen LogP) is 0.547. The van der Waals surface area contributed by atoms with Crippen LogP contribution in [-0.4, -0.2) is 79.0 Å². The monoisotopic (exact) mass is 331 g/mol.